The Labute approximate surface area is 110 Å². The Morgan fingerprint density at radius 3 is 2.84 bits per heavy atom. The number of thioether (sulfide) groups is 1. The van der Waals surface area contributed by atoms with E-state index in [0.29, 0.717) is 22.9 Å². The first-order valence-electron chi connectivity index (χ1n) is 5.33. The predicted molar refractivity (Wildman–Crippen MR) is 68.2 cm³/mol. The van der Waals surface area contributed by atoms with Gasteiger partial charge in [-0.2, -0.15) is 23.1 Å². The van der Waals surface area contributed by atoms with Crippen molar-refractivity contribution in [1.82, 2.24) is 19.9 Å². The molecule has 0 aromatic carbocycles. The number of hydrogen-bond acceptors (Lipinski definition) is 6. The molecule has 0 radical (unpaired) electrons. The Morgan fingerprint density at radius 2 is 2.16 bits per heavy atom. The van der Waals surface area contributed by atoms with Crippen molar-refractivity contribution in [2.45, 2.75) is 5.51 Å². The maximum Gasteiger partial charge on any atom is 0.441 e. The SMILES string of the molecule is CNc1nc(NCCSC(F)(F)F)c2[nH]cnc2n1. The lowest BCUT2D eigenvalue weighted by Gasteiger charge is -2.09. The molecule has 0 saturated heterocycles. The van der Waals surface area contributed by atoms with Crippen LogP contribution in [0.2, 0.25) is 0 Å². The summed E-state index contributed by atoms with van der Waals surface area (Å²) in [4.78, 5) is 15.0. The number of aromatic nitrogens is 4. The second-order valence-corrected chi connectivity index (χ2v) is 4.63. The van der Waals surface area contributed by atoms with E-state index in [4.69, 9.17) is 0 Å². The number of H-pyrrole nitrogens is 1. The lowest BCUT2D eigenvalue weighted by molar-refractivity contribution is -0.0327. The third-order valence-electron chi connectivity index (χ3n) is 2.17. The maximum atomic E-state index is 12.0. The van der Waals surface area contributed by atoms with Crippen LogP contribution in [0.1, 0.15) is 0 Å². The minimum Gasteiger partial charge on any atom is -0.367 e. The molecule has 3 N–H and O–H groups in total. The molecule has 104 valence electrons. The van der Waals surface area contributed by atoms with Gasteiger partial charge in [-0.05, 0) is 11.8 Å². The van der Waals surface area contributed by atoms with Crippen LogP contribution in [-0.4, -0.2) is 44.8 Å². The van der Waals surface area contributed by atoms with Crippen molar-refractivity contribution in [3.05, 3.63) is 6.33 Å². The fourth-order valence-corrected chi connectivity index (χ4v) is 1.84. The molecule has 2 rings (SSSR count). The smallest absolute Gasteiger partial charge is 0.367 e. The molecule has 0 spiro atoms. The Morgan fingerprint density at radius 1 is 1.37 bits per heavy atom. The molecule has 0 fully saturated rings. The van der Waals surface area contributed by atoms with Crippen LogP contribution < -0.4 is 10.6 Å². The molecule has 0 amide bonds. The van der Waals surface area contributed by atoms with Gasteiger partial charge in [-0.3, -0.25) is 0 Å². The van der Waals surface area contributed by atoms with E-state index < -0.39 is 5.51 Å². The van der Waals surface area contributed by atoms with Crippen molar-refractivity contribution in [3.8, 4) is 0 Å². The summed E-state index contributed by atoms with van der Waals surface area (Å²) in [6, 6.07) is 0. The highest BCUT2D eigenvalue weighted by atomic mass is 32.2. The van der Waals surface area contributed by atoms with Gasteiger partial charge in [0.1, 0.15) is 5.52 Å². The summed E-state index contributed by atoms with van der Waals surface area (Å²) in [5, 5.41) is 5.60. The second kappa shape index (κ2) is 5.51. The van der Waals surface area contributed by atoms with E-state index in [1.54, 1.807) is 7.05 Å². The van der Waals surface area contributed by atoms with Crippen LogP contribution in [0.15, 0.2) is 6.33 Å². The molecule has 0 aliphatic heterocycles. The van der Waals surface area contributed by atoms with Crippen molar-refractivity contribution in [3.63, 3.8) is 0 Å². The highest BCUT2D eigenvalue weighted by molar-refractivity contribution is 8.00. The Hall–Kier alpha value is -1.71. The van der Waals surface area contributed by atoms with E-state index in [9.17, 15) is 13.2 Å². The van der Waals surface area contributed by atoms with Gasteiger partial charge in [0, 0.05) is 19.3 Å². The molecule has 0 atom stereocenters. The summed E-state index contributed by atoms with van der Waals surface area (Å²) >= 11 is -0.0771. The van der Waals surface area contributed by atoms with E-state index in [2.05, 4.69) is 30.6 Å². The van der Waals surface area contributed by atoms with Gasteiger partial charge in [-0.15, -0.1) is 0 Å². The molecule has 0 saturated carbocycles. The average Bonchev–Trinajstić information content (AvgIpc) is 2.81. The summed E-state index contributed by atoms with van der Waals surface area (Å²) in [6.07, 6.45) is 1.45. The standard InChI is InChI=1S/C9H11F3N6S/c1-13-8-17-6(5-7(18-8)16-4-15-5)14-2-3-19-9(10,11)12/h4H,2-3H2,1H3,(H3,13,14,15,16,17,18). The van der Waals surface area contributed by atoms with E-state index in [1.807, 2.05) is 0 Å². The van der Waals surface area contributed by atoms with E-state index in [-0.39, 0.29) is 24.1 Å². The summed E-state index contributed by atoms with van der Waals surface area (Å²) in [6.45, 7) is 0.137. The fourth-order valence-electron chi connectivity index (χ4n) is 1.41. The van der Waals surface area contributed by atoms with Crippen LogP contribution in [0.5, 0.6) is 0 Å². The maximum absolute atomic E-state index is 12.0. The van der Waals surface area contributed by atoms with Gasteiger partial charge in [0.2, 0.25) is 5.95 Å². The van der Waals surface area contributed by atoms with Gasteiger partial charge in [-0.1, -0.05) is 0 Å². The number of nitrogens with one attached hydrogen (secondary N) is 3. The average molecular weight is 292 g/mol. The number of anilines is 2. The van der Waals surface area contributed by atoms with Crippen LogP contribution in [0.25, 0.3) is 11.2 Å². The molecule has 0 aliphatic rings. The summed E-state index contributed by atoms with van der Waals surface area (Å²) in [5.41, 5.74) is -3.20. The van der Waals surface area contributed by atoms with Crippen molar-refractivity contribution < 1.29 is 13.2 Å². The molecule has 2 heterocycles. The predicted octanol–water partition coefficient (Wildman–Crippen LogP) is 2.06. The third kappa shape index (κ3) is 3.63. The Bertz CT molecular complexity index is 554. The number of aromatic amines is 1. The van der Waals surface area contributed by atoms with E-state index >= 15 is 0 Å². The Kier molecular flexibility index (Phi) is 3.98. The van der Waals surface area contributed by atoms with Crippen LogP contribution in [0.4, 0.5) is 24.9 Å². The van der Waals surface area contributed by atoms with E-state index in [1.165, 1.54) is 6.33 Å². The topological polar surface area (TPSA) is 78.5 Å². The normalized spacial score (nSPS) is 11.8. The second-order valence-electron chi connectivity index (χ2n) is 3.47. The molecular formula is C9H11F3N6S. The monoisotopic (exact) mass is 292 g/mol. The van der Waals surface area contributed by atoms with Crippen LogP contribution >= 0.6 is 11.8 Å². The molecule has 6 nitrogen and oxygen atoms in total. The lowest BCUT2D eigenvalue weighted by Crippen LogP contribution is -2.11. The molecule has 2 aromatic rings. The van der Waals surface area contributed by atoms with Crippen LogP contribution in [-0.2, 0) is 0 Å². The van der Waals surface area contributed by atoms with E-state index in [0.717, 1.165) is 0 Å². The van der Waals surface area contributed by atoms with Gasteiger partial charge in [0.05, 0.1) is 6.33 Å². The van der Waals surface area contributed by atoms with Gasteiger partial charge in [0.15, 0.2) is 11.5 Å². The fraction of sp³-hybridized carbons (Fsp3) is 0.444. The number of hydrogen-bond donors (Lipinski definition) is 3. The molecule has 19 heavy (non-hydrogen) atoms. The lowest BCUT2D eigenvalue weighted by atomic mass is 10.5. The minimum atomic E-state index is -4.22. The highest BCUT2D eigenvalue weighted by Gasteiger charge is 2.27. The molecule has 0 bridgehead atoms. The van der Waals surface area contributed by atoms with Gasteiger partial charge >= 0.3 is 5.51 Å². The van der Waals surface area contributed by atoms with Crippen LogP contribution in [0, 0.1) is 0 Å². The first-order valence-corrected chi connectivity index (χ1v) is 6.31. The zero-order chi connectivity index (χ0) is 13.9. The van der Waals surface area contributed by atoms with Crippen molar-refractivity contribution in [2.24, 2.45) is 0 Å². The number of fused-ring (bicyclic) bond motifs is 1. The minimum absolute atomic E-state index is 0.0771. The van der Waals surface area contributed by atoms with Gasteiger partial charge < -0.3 is 15.6 Å². The number of rotatable bonds is 5. The number of imidazole rings is 1. The molecule has 0 aliphatic carbocycles. The van der Waals surface area contributed by atoms with Crippen molar-refractivity contribution >= 4 is 34.7 Å². The molecule has 2 aromatic heterocycles. The molecule has 10 heteroatoms. The first-order chi connectivity index (χ1) is 8.99. The quantitative estimate of drug-likeness (QED) is 0.732. The van der Waals surface area contributed by atoms with Crippen molar-refractivity contribution in [1.29, 1.82) is 0 Å². The third-order valence-corrected chi connectivity index (χ3v) is 2.91. The number of halogens is 3. The summed E-state index contributed by atoms with van der Waals surface area (Å²) in [7, 11) is 1.65. The van der Waals surface area contributed by atoms with Crippen molar-refractivity contribution in [2.75, 3.05) is 30.0 Å². The number of alkyl halides is 3. The molecule has 0 unspecified atom stereocenters. The van der Waals surface area contributed by atoms with Crippen LogP contribution in [0.3, 0.4) is 0 Å². The van der Waals surface area contributed by atoms with Gasteiger partial charge in [-0.25, -0.2) is 4.98 Å². The summed E-state index contributed by atoms with van der Waals surface area (Å²) in [5.74, 6) is 0.679. The highest BCUT2D eigenvalue weighted by Crippen LogP contribution is 2.29. The first kappa shape index (κ1) is 13.7. The zero-order valence-electron chi connectivity index (χ0n) is 9.88. The Balaban J connectivity index is 2.05. The number of nitrogens with zero attached hydrogens (tertiary/aromatic N) is 3. The van der Waals surface area contributed by atoms with Gasteiger partial charge in [0.25, 0.3) is 0 Å². The zero-order valence-corrected chi connectivity index (χ0v) is 10.7. The summed E-state index contributed by atoms with van der Waals surface area (Å²) < 4.78 is 36.0. The largest absolute Gasteiger partial charge is 0.441 e. The molecular weight excluding hydrogens is 281 g/mol.